The van der Waals surface area contributed by atoms with Crippen LogP contribution in [0.25, 0.3) is 0 Å². The Kier molecular flexibility index (Phi) is 4.26. The van der Waals surface area contributed by atoms with Gasteiger partial charge in [-0.2, -0.15) is 0 Å². The number of aryl methyl sites for hydroxylation is 1. The molecule has 4 nitrogen and oxygen atoms in total. The molecule has 1 rings (SSSR count). The molecule has 15 heavy (non-hydrogen) atoms. The Hall–Kier alpha value is -0.910. The molecular weight excluding hydrogens is 212 g/mol. The fraction of sp³-hybridized carbons (Fsp3) is 0.400. The summed E-state index contributed by atoms with van der Waals surface area (Å²) in [5.74, 6) is -0.0289. The zero-order valence-corrected chi connectivity index (χ0v) is 9.55. The van der Waals surface area contributed by atoms with Crippen LogP contribution in [0.15, 0.2) is 24.3 Å². The smallest absolute Gasteiger partial charge is 0.213 e. The number of benzene rings is 1. The number of nitrogens with two attached hydrogens (primary N) is 1. The third-order valence-corrected chi connectivity index (χ3v) is 3.49. The van der Waals surface area contributed by atoms with E-state index in [4.69, 9.17) is 5.73 Å². The molecule has 0 saturated carbocycles. The second kappa shape index (κ2) is 5.25. The normalized spacial score (nSPS) is 11.6. The van der Waals surface area contributed by atoms with E-state index in [1.54, 1.807) is 0 Å². The predicted molar refractivity (Wildman–Crippen MR) is 60.9 cm³/mol. The Labute approximate surface area is 90.5 Å². The Morgan fingerprint density at radius 3 is 2.60 bits per heavy atom. The summed E-state index contributed by atoms with van der Waals surface area (Å²) in [7, 11) is -3.22. The highest BCUT2D eigenvalue weighted by Crippen LogP contribution is 2.06. The second-order valence-corrected chi connectivity index (χ2v) is 5.28. The van der Waals surface area contributed by atoms with Gasteiger partial charge < -0.3 is 5.73 Å². The summed E-state index contributed by atoms with van der Waals surface area (Å²) in [4.78, 5) is 0. The van der Waals surface area contributed by atoms with Crippen molar-refractivity contribution >= 4 is 10.0 Å². The number of rotatable bonds is 5. The van der Waals surface area contributed by atoms with Gasteiger partial charge in [-0.25, -0.2) is 13.1 Å². The minimum atomic E-state index is -3.22. The van der Waals surface area contributed by atoms with Crippen molar-refractivity contribution in [3.63, 3.8) is 0 Å². The molecule has 0 bridgehead atoms. The molecule has 0 radical (unpaired) electrons. The van der Waals surface area contributed by atoms with Crippen LogP contribution in [0.2, 0.25) is 0 Å². The predicted octanol–water partition coefficient (Wildman–Crippen LogP) is 0.373. The van der Waals surface area contributed by atoms with Gasteiger partial charge in [0, 0.05) is 13.1 Å². The molecule has 0 aromatic heterocycles. The average Bonchev–Trinajstić information content (AvgIpc) is 2.16. The van der Waals surface area contributed by atoms with Gasteiger partial charge in [-0.15, -0.1) is 0 Å². The van der Waals surface area contributed by atoms with Crippen LogP contribution in [0, 0.1) is 6.92 Å². The number of hydrogen-bond donors (Lipinski definition) is 2. The van der Waals surface area contributed by atoms with Gasteiger partial charge in [0.1, 0.15) is 0 Å². The highest BCUT2D eigenvalue weighted by molar-refractivity contribution is 7.89. The van der Waals surface area contributed by atoms with Gasteiger partial charge in [0.05, 0.1) is 5.75 Å². The number of nitrogens with one attached hydrogen (secondary N) is 1. The quantitative estimate of drug-likeness (QED) is 0.765. The van der Waals surface area contributed by atoms with Gasteiger partial charge >= 0.3 is 0 Å². The van der Waals surface area contributed by atoms with E-state index in [2.05, 4.69) is 4.72 Å². The molecule has 0 spiro atoms. The largest absolute Gasteiger partial charge is 0.329 e. The highest BCUT2D eigenvalue weighted by Gasteiger charge is 2.08. The van der Waals surface area contributed by atoms with Crippen LogP contribution in [0.4, 0.5) is 0 Å². The van der Waals surface area contributed by atoms with Gasteiger partial charge in [-0.05, 0) is 18.1 Å². The zero-order valence-electron chi connectivity index (χ0n) is 8.73. The van der Waals surface area contributed by atoms with Crippen molar-refractivity contribution in [2.45, 2.75) is 13.5 Å². The van der Waals surface area contributed by atoms with Gasteiger partial charge in [0.2, 0.25) is 10.0 Å². The summed E-state index contributed by atoms with van der Waals surface area (Å²) < 4.78 is 25.2. The molecule has 1 aromatic rings. The second-order valence-electron chi connectivity index (χ2n) is 3.36. The molecule has 0 heterocycles. The first-order valence-corrected chi connectivity index (χ1v) is 6.42. The topological polar surface area (TPSA) is 72.2 Å². The van der Waals surface area contributed by atoms with Crippen LogP contribution >= 0.6 is 0 Å². The first-order chi connectivity index (χ1) is 7.05. The summed E-state index contributed by atoms with van der Waals surface area (Å²) >= 11 is 0. The van der Waals surface area contributed by atoms with Crippen LogP contribution in [-0.4, -0.2) is 20.7 Å². The summed E-state index contributed by atoms with van der Waals surface area (Å²) in [6, 6.07) is 7.67. The summed E-state index contributed by atoms with van der Waals surface area (Å²) in [6.45, 7) is 2.42. The number of sulfonamides is 1. The van der Waals surface area contributed by atoms with Crippen molar-refractivity contribution in [3.8, 4) is 0 Å². The van der Waals surface area contributed by atoms with Crippen molar-refractivity contribution < 1.29 is 8.42 Å². The highest BCUT2D eigenvalue weighted by atomic mass is 32.2. The van der Waals surface area contributed by atoms with Crippen LogP contribution < -0.4 is 10.5 Å². The lowest BCUT2D eigenvalue weighted by Gasteiger charge is -2.07. The zero-order chi connectivity index (χ0) is 11.3. The Balaban J connectivity index is 2.62. The molecule has 5 heteroatoms. The third kappa shape index (κ3) is 3.99. The lowest BCUT2D eigenvalue weighted by atomic mass is 10.1. The molecule has 0 amide bonds. The molecule has 84 valence electrons. The summed E-state index contributed by atoms with van der Waals surface area (Å²) in [5.41, 5.74) is 7.26. The molecule has 3 N–H and O–H groups in total. The molecule has 0 saturated heterocycles. The maximum Gasteiger partial charge on any atom is 0.213 e. The summed E-state index contributed by atoms with van der Waals surface area (Å²) in [6.07, 6.45) is 0. The van der Waals surface area contributed by atoms with E-state index in [0.29, 0.717) is 6.54 Å². The van der Waals surface area contributed by atoms with E-state index in [1.807, 2.05) is 31.2 Å². The standard InChI is InChI=1S/C10H16N2O2S/c1-9-4-2-3-5-10(9)8-12-15(13,14)7-6-11/h2-5,12H,6-8,11H2,1H3. The molecule has 0 aliphatic rings. The van der Waals surface area contributed by atoms with Crippen molar-refractivity contribution in [3.05, 3.63) is 35.4 Å². The Morgan fingerprint density at radius 1 is 1.33 bits per heavy atom. The molecule has 0 atom stereocenters. The average molecular weight is 228 g/mol. The summed E-state index contributed by atoms with van der Waals surface area (Å²) in [5, 5.41) is 0. The fourth-order valence-electron chi connectivity index (χ4n) is 1.22. The minimum Gasteiger partial charge on any atom is -0.329 e. The lowest BCUT2D eigenvalue weighted by molar-refractivity contribution is 0.581. The van der Waals surface area contributed by atoms with E-state index in [-0.39, 0.29) is 12.3 Å². The van der Waals surface area contributed by atoms with E-state index in [1.165, 1.54) is 0 Å². The number of hydrogen-bond acceptors (Lipinski definition) is 3. The maximum absolute atomic E-state index is 11.3. The fourth-order valence-corrected chi connectivity index (χ4v) is 2.05. The van der Waals surface area contributed by atoms with Gasteiger partial charge in [-0.1, -0.05) is 24.3 Å². The van der Waals surface area contributed by atoms with Crippen LogP contribution in [0.3, 0.4) is 0 Å². The van der Waals surface area contributed by atoms with Gasteiger partial charge in [-0.3, -0.25) is 0 Å². The first kappa shape index (κ1) is 12.2. The van der Waals surface area contributed by atoms with Crippen molar-refractivity contribution in [1.29, 1.82) is 0 Å². The molecule has 0 aliphatic carbocycles. The Bertz CT molecular complexity index is 415. The SMILES string of the molecule is Cc1ccccc1CNS(=O)(=O)CCN. The van der Waals surface area contributed by atoms with Gasteiger partial charge in [0.25, 0.3) is 0 Å². The maximum atomic E-state index is 11.3. The van der Waals surface area contributed by atoms with E-state index >= 15 is 0 Å². The molecule has 0 fully saturated rings. The van der Waals surface area contributed by atoms with Crippen molar-refractivity contribution in [2.75, 3.05) is 12.3 Å². The van der Waals surface area contributed by atoms with Crippen LogP contribution in [0.1, 0.15) is 11.1 Å². The van der Waals surface area contributed by atoms with Gasteiger partial charge in [0.15, 0.2) is 0 Å². The Morgan fingerprint density at radius 2 is 2.00 bits per heavy atom. The molecule has 0 unspecified atom stereocenters. The van der Waals surface area contributed by atoms with Crippen molar-refractivity contribution in [2.24, 2.45) is 5.73 Å². The molecule has 1 aromatic carbocycles. The van der Waals surface area contributed by atoms with E-state index in [0.717, 1.165) is 11.1 Å². The third-order valence-electron chi connectivity index (χ3n) is 2.13. The van der Waals surface area contributed by atoms with Crippen LogP contribution in [-0.2, 0) is 16.6 Å². The molecular formula is C10H16N2O2S. The monoisotopic (exact) mass is 228 g/mol. The lowest BCUT2D eigenvalue weighted by Crippen LogP contribution is -2.29. The van der Waals surface area contributed by atoms with E-state index in [9.17, 15) is 8.42 Å². The van der Waals surface area contributed by atoms with E-state index < -0.39 is 10.0 Å². The first-order valence-electron chi connectivity index (χ1n) is 4.77. The molecule has 0 aliphatic heterocycles. The van der Waals surface area contributed by atoms with Crippen LogP contribution in [0.5, 0.6) is 0 Å². The van der Waals surface area contributed by atoms with Crippen molar-refractivity contribution in [1.82, 2.24) is 4.72 Å². The minimum absolute atomic E-state index is 0.0289.